The highest BCUT2D eigenvalue weighted by Gasteiger charge is 2.34. The molecule has 2 fully saturated rings. The number of likely N-dealkylation sites (tertiary alicyclic amines) is 2. The van der Waals surface area contributed by atoms with E-state index in [9.17, 15) is 0 Å². The number of nitrogens with zero attached hydrogens (tertiary/aromatic N) is 4. The Kier molecular flexibility index (Phi) is 5.68. The Balaban J connectivity index is 1.15. The summed E-state index contributed by atoms with van der Waals surface area (Å²) in [5, 5.41) is 0.375. The van der Waals surface area contributed by atoms with Gasteiger partial charge in [-0.3, -0.25) is 14.8 Å². The molecule has 0 saturated carbocycles. The Labute approximate surface area is 160 Å². The van der Waals surface area contributed by atoms with Gasteiger partial charge in [-0.1, -0.05) is 41.9 Å². The smallest absolute Gasteiger partial charge is 0.233 e. The molecule has 3 heterocycles. The summed E-state index contributed by atoms with van der Waals surface area (Å²) < 4.78 is 5.72. The van der Waals surface area contributed by atoms with E-state index >= 15 is 0 Å². The van der Waals surface area contributed by atoms with Gasteiger partial charge in [-0.05, 0) is 31.5 Å². The Morgan fingerprint density at radius 2 is 1.85 bits per heavy atom. The summed E-state index contributed by atoms with van der Waals surface area (Å²) in [6, 6.07) is 11.5. The number of ether oxygens (including phenoxy) is 1. The molecule has 0 spiro atoms. The molecule has 138 valence electrons. The van der Waals surface area contributed by atoms with E-state index in [1.165, 1.54) is 37.7 Å². The van der Waals surface area contributed by atoms with Crippen LogP contribution in [0.1, 0.15) is 18.4 Å². The molecule has 2 aliphatic rings. The Bertz CT molecular complexity index is 700. The summed E-state index contributed by atoms with van der Waals surface area (Å²) in [6.07, 6.45) is 5.66. The van der Waals surface area contributed by atoms with Crippen molar-refractivity contribution in [2.45, 2.75) is 25.4 Å². The third-order valence-electron chi connectivity index (χ3n) is 5.36. The van der Waals surface area contributed by atoms with Crippen LogP contribution in [0.3, 0.4) is 0 Å². The lowest BCUT2D eigenvalue weighted by Crippen LogP contribution is -2.56. The van der Waals surface area contributed by atoms with E-state index in [1.54, 1.807) is 6.20 Å². The number of hydrogen-bond acceptors (Lipinski definition) is 5. The van der Waals surface area contributed by atoms with Crippen molar-refractivity contribution in [1.29, 1.82) is 0 Å². The van der Waals surface area contributed by atoms with Gasteiger partial charge in [-0.25, -0.2) is 0 Å². The highest BCUT2D eigenvalue weighted by atomic mass is 35.5. The number of benzene rings is 1. The number of hydrogen-bond donors (Lipinski definition) is 0. The van der Waals surface area contributed by atoms with Crippen LogP contribution in [0.2, 0.25) is 5.15 Å². The second kappa shape index (κ2) is 8.33. The molecule has 0 unspecified atom stereocenters. The van der Waals surface area contributed by atoms with Crippen molar-refractivity contribution in [1.82, 2.24) is 19.8 Å². The van der Waals surface area contributed by atoms with Crippen LogP contribution in [0.5, 0.6) is 5.88 Å². The van der Waals surface area contributed by atoms with Gasteiger partial charge in [-0.15, -0.1) is 0 Å². The zero-order valence-corrected chi connectivity index (χ0v) is 15.7. The molecule has 0 atom stereocenters. The molecule has 2 saturated heterocycles. The average Bonchev–Trinajstić information content (AvgIpc) is 2.63. The topological polar surface area (TPSA) is 41.5 Å². The predicted octanol–water partition coefficient (Wildman–Crippen LogP) is 3.11. The first-order chi connectivity index (χ1) is 12.8. The Morgan fingerprint density at radius 3 is 2.58 bits per heavy atom. The van der Waals surface area contributed by atoms with E-state index in [1.807, 2.05) is 0 Å². The third kappa shape index (κ3) is 4.53. The summed E-state index contributed by atoms with van der Waals surface area (Å²) in [4.78, 5) is 13.3. The quantitative estimate of drug-likeness (QED) is 0.779. The van der Waals surface area contributed by atoms with Crippen LogP contribution >= 0.6 is 11.6 Å². The fourth-order valence-electron chi connectivity index (χ4n) is 3.90. The molecule has 26 heavy (non-hydrogen) atoms. The number of piperidine rings is 1. The standard InChI is InChI=1S/C20H25ClN4O/c21-19-10-22-11-20(23-19)26-15-17-13-25(14-17)18-6-8-24(9-7-18)12-16-4-2-1-3-5-16/h1-5,10-11,17-18H,6-9,12-15H2. The van der Waals surface area contributed by atoms with Gasteiger partial charge in [0.2, 0.25) is 5.88 Å². The van der Waals surface area contributed by atoms with Gasteiger partial charge in [0.1, 0.15) is 0 Å². The van der Waals surface area contributed by atoms with Crippen molar-refractivity contribution in [2.24, 2.45) is 5.92 Å². The van der Waals surface area contributed by atoms with Gasteiger partial charge >= 0.3 is 0 Å². The summed E-state index contributed by atoms with van der Waals surface area (Å²) in [5.74, 6) is 1.10. The normalized spacial score (nSPS) is 20.0. The molecular weight excluding hydrogens is 348 g/mol. The fraction of sp³-hybridized carbons (Fsp3) is 0.500. The van der Waals surface area contributed by atoms with E-state index in [4.69, 9.17) is 16.3 Å². The molecule has 0 amide bonds. The van der Waals surface area contributed by atoms with Crippen LogP contribution in [-0.4, -0.2) is 58.6 Å². The van der Waals surface area contributed by atoms with Crippen molar-refractivity contribution in [3.63, 3.8) is 0 Å². The first kappa shape index (κ1) is 17.7. The Hall–Kier alpha value is -1.69. The molecule has 5 nitrogen and oxygen atoms in total. The molecule has 6 heteroatoms. The van der Waals surface area contributed by atoms with E-state index in [2.05, 4.69) is 50.1 Å². The second-order valence-electron chi connectivity index (χ2n) is 7.30. The SMILES string of the molecule is Clc1cncc(OCC2CN(C3CCN(Cc4ccccc4)CC3)C2)n1. The van der Waals surface area contributed by atoms with E-state index in [-0.39, 0.29) is 0 Å². The maximum absolute atomic E-state index is 5.83. The van der Waals surface area contributed by atoms with Crippen molar-refractivity contribution in [3.05, 3.63) is 53.4 Å². The van der Waals surface area contributed by atoms with Gasteiger partial charge < -0.3 is 4.74 Å². The van der Waals surface area contributed by atoms with Crippen LogP contribution in [-0.2, 0) is 6.54 Å². The number of halogens is 1. The minimum atomic E-state index is 0.375. The number of aromatic nitrogens is 2. The monoisotopic (exact) mass is 372 g/mol. The van der Waals surface area contributed by atoms with Crippen molar-refractivity contribution < 1.29 is 4.74 Å². The fourth-order valence-corrected chi connectivity index (χ4v) is 4.04. The minimum absolute atomic E-state index is 0.375. The van der Waals surface area contributed by atoms with Crippen LogP contribution in [0.25, 0.3) is 0 Å². The summed E-state index contributed by atoms with van der Waals surface area (Å²) in [6.45, 7) is 6.39. The maximum Gasteiger partial charge on any atom is 0.233 e. The molecule has 4 rings (SSSR count). The summed E-state index contributed by atoms with van der Waals surface area (Å²) in [7, 11) is 0. The lowest BCUT2D eigenvalue weighted by molar-refractivity contribution is -0.000565. The predicted molar refractivity (Wildman–Crippen MR) is 102 cm³/mol. The Morgan fingerprint density at radius 1 is 1.08 bits per heavy atom. The average molecular weight is 373 g/mol. The summed E-state index contributed by atoms with van der Waals surface area (Å²) in [5.41, 5.74) is 1.41. The highest BCUT2D eigenvalue weighted by molar-refractivity contribution is 6.29. The van der Waals surface area contributed by atoms with Crippen molar-refractivity contribution in [2.75, 3.05) is 32.8 Å². The molecule has 0 N–H and O–H groups in total. The van der Waals surface area contributed by atoms with Crippen LogP contribution in [0.4, 0.5) is 0 Å². The van der Waals surface area contributed by atoms with Gasteiger partial charge in [0.25, 0.3) is 0 Å². The molecule has 0 radical (unpaired) electrons. The molecular formula is C20H25ClN4O. The van der Waals surface area contributed by atoms with Gasteiger partial charge in [0.15, 0.2) is 5.15 Å². The van der Waals surface area contributed by atoms with E-state index < -0.39 is 0 Å². The largest absolute Gasteiger partial charge is 0.476 e. The molecule has 2 aliphatic heterocycles. The lowest BCUT2D eigenvalue weighted by atomic mass is 9.93. The minimum Gasteiger partial charge on any atom is -0.476 e. The van der Waals surface area contributed by atoms with Crippen molar-refractivity contribution in [3.8, 4) is 5.88 Å². The van der Waals surface area contributed by atoms with E-state index in [0.717, 1.165) is 25.7 Å². The first-order valence-corrected chi connectivity index (χ1v) is 9.75. The van der Waals surface area contributed by atoms with Crippen LogP contribution < -0.4 is 4.74 Å². The maximum atomic E-state index is 5.83. The van der Waals surface area contributed by atoms with E-state index in [0.29, 0.717) is 23.6 Å². The van der Waals surface area contributed by atoms with Gasteiger partial charge in [-0.2, -0.15) is 4.98 Å². The van der Waals surface area contributed by atoms with Gasteiger partial charge in [0, 0.05) is 31.6 Å². The third-order valence-corrected chi connectivity index (χ3v) is 5.54. The molecule has 1 aromatic heterocycles. The zero-order valence-electron chi connectivity index (χ0n) is 14.9. The highest BCUT2D eigenvalue weighted by Crippen LogP contribution is 2.26. The lowest BCUT2D eigenvalue weighted by Gasteiger charge is -2.47. The molecule has 0 aliphatic carbocycles. The zero-order chi connectivity index (χ0) is 17.8. The molecule has 0 bridgehead atoms. The molecule has 2 aromatic rings. The number of rotatable bonds is 6. The van der Waals surface area contributed by atoms with Gasteiger partial charge in [0.05, 0.1) is 19.0 Å². The van der Waals surface area contributed by atoms with Crippen molar-refractivity contribution >= 4 is 11.6 Å². The molecule has 1 aromatic carbocycles. The van der Waals surface area contributed by atoms with Crippen LogP contribution in [0.15, 0.2) is 42.7 Å². The first-order valence-electron chi connectivity index (χ1n) is 9.37. The second-order valence-corrected chi connectivity index (χ2v) is 7.69. The summed E-state index contributed by atoms with van der Waals surface area (Å²) >= 11 is 5.83. The van der Waals surface area contributed by atoms with Crippen LogP contribution in [0, 0.1) is 5.92 Å².